The number of hydrogen-bond acceptors (Lipinski definition) is 1. The van der Waals surface area contributed by atoms with Gasteiger partial charge in [-0.1, -0.05) is 67.9 Å². The molecular weight excluding hydrogens is 218 g/mol. The van der Waals surface area contributed by atoms with Crippen LogP contribution in [0.25, 0.3) is 0 Å². The molecule has 0 aliphatic heterocycles. The van der Waals surface area contributed by atoms with Crippen LogP contribution >= 0.6 is 0 Å². The van der Waals surface area contributed by atoms with Gasteiger partial charge in [-0.3, -0.25) is 0 Å². The molecule has 2 N–H and O–H groups in total. The van der Waals surface area contributed by atoms with E-state index in [-0.39, 0.29) is 6.04 Å². The van der Waals surface area contributed by atoms with Gasteiger partial charge in [0.05, 0.1) is 6.04 Å². The highest BCUT2D eigenvalue weighted by Crippen LogP contribution is 2.23. The van der Waals surface area contributed by atoms with Crippen molar-refractivity contribution in [3.63, 3.8) is 0 Å². The zero-order chi connectivity index (χ0) is 13.1. The molecule has 0 aliphatic carbocycles. The summed E-state index contributed by atoms with van der Waals surface area (Å²) < 4.78 is 0. The highest BCUT2D eigenvalue weighted by atomic mass is 14.6. The second-order valence-electron chi connectivity index (χ2n) is 5.22. The van der Waals surface area contributed by atoms with Crippen LogP contribution in [0.15, 0.2) is 48.5 Å². The summed E-state index contributed by atoms with van der Waals surface area (Å²) in [7, 11) is 0. The van der Waals surface area contributed by atoms with Crippen molar-refractivity contribution in [2.24, 2.45) is 5.73 Å². The summed E-state index contributed by atoms with van der Waals surface area (Å²) in [4.78, 5) is 0. The monoisotopic (exact) mass is 239 g/mol. The third-order valence-electron chi connectivity index (χ3n) is 3.34. The van der Waals surface area contributed by atoms with E-state index in [1.165, 1.54) is 22.3 Å². The van der Waals surface area contributed by atoms with Crippen LogP contribution < -0.4 is 5.73 Å². The fraction of sp³-hybridized carbons (Fsp3) is 0.294. The van der Waals surface area contributed by atoms with Crippen LogP contribution in [0.3, 0.4) is 0 Å². The van der Waals surface area contributed by atoms with Crippen molar-refractivity contribution in [2.75, 3.05) is 0 Å². The molecule has 1 heteroatoms. The molecule has 1 atom stereocenters. The molecule has 1 nitrogen and oxygen atoms in total. The normalized spacial score (nSPS) is 12.7. The quantitative estimate of drug-likeness (QED) is 0.855. The summed E-state index contributed by atoms with van der Waals surface area (Å²) in [5.74, 6) is 0.537. The van der Waals surface area contributed by atoms with Crippen molar-refractivity contribution < 1.29 is 0 Å². The highest BCUT2D eigenvalue weighted by molar-refractivity contribution is 5.36. The lowest BCUT2D eigenvalue weighted by Gasteiger charge is -2.15. The molecule has 0 fully saturated rings. The number of nitrogens with two attached hydrogens (primary N) is 1. The van der Waals surface area contributed by atoms with Gasteiger partial charge in [0.25, 0.3) is 0 Å². The molecule has 0 aliphatic rings. The van der Waals surface area contributed by atoms with E-state index in [1.807, 2.05) is 0 Å². The lowest BCUT2D eigenvalue weighted by molar-refractivity contribution is 0.836. The Labute approximate surface area is 110 Å². The molecule has 2 rings (SSSR count). The molecule has 0 aromatic heterocycles. The summed E-state index contributed by atoms with van der Waals surface area (Å²) in [6.45, 7) is 6.51. The van der Waals surface area contributed by atoms with Crippen molar-refractivity contribution in [2.45, 2.75) is 32.7 Å². The Hall–Kier alpha value is -1.60. The fourth-order valence-corrected chi connectivity index (χ4v) is 2.17. The molecule has 18 heavy (non-hydrogen) atoms. The van der Waals surface area contributed by atoms with E-state index < -0.39 is 0 Å². The van der Waals surface area contributed by atoms with E-state index in [0.717, 1.165) is 0 Å². The zero-order valence-corrected chi connectivity index (χ0v) is 11.4. The lowest BCUT2D eigenvalue weighted by atomic mass is 9.94. The Bertz CT molecular complexity index is 529. The first-order valence-corrected chi connectivity index (χ1v) is 6.50. The summed E-state index contributed by atoms with van der Waals surface area (Å²) in [6, 6.07) is 17.0. The maximum atomic E-state index is 6.35. The average molecular weight is 239 g/mol. The molecule has 0 amide bonds. The first kappa shape index (κ1) is 12.8. The summed E-state index contributed by atoms with van der Waals surface area (Å²) >= 11 is 0. The van der Waals surface area contributed by atoms with Crippen molar-refractivity contribution >= 4 is 0 Å². The third kappa shape index (κ3) is 2.80. The third-order valence-corrected chi connectivity index (χ3v) is 3.34. The molecule has 94 valence electrons. The summed E-state index contributed by atoms with van der Waals surface area (Å²) in [6.07, 6.45) is 0. The van der Waals surface area contributed by atoms with Crippen molar-refractivity contribution in [1.82, 2.24) is 0 Å². The van der Waals surface area contributed by atoms with Gasteiger partial charge in [0.2, 0.25) is 0 Å². The van der Waals surface area contributed by atoms with Crippen LogP contribution in [0.4, 0.5) is 0 Å². The van der Waals surface area contributed by atoms with Gasteiger partial charge in [0.15, 0.2) is 0 Å². The SMILES string of the molecule is Cc1cccc(C(N)c2cccc(C(C)C)c2)c1. The molecule has 1 unspecified atom stereocenters. The average Bonchev–Trinajstić information content (AvgIpc) is 2.38. The molecule has 0 bridgehead atoms. The van der Waals surface area contributed by atoms with E-state index in [2.05, 4.69) is 69.3 Å². The van der Waals surface area contributed by atoms with Crippen LogP contribution in [0.5, 0.6) is 0 Å². The molecule has 0 radical (unpaired) electrons. The minimum absolute atomic E-state index is 0.0383. The van der Waals surface area contributed by atoms with Gasteiger partial charge in [-0.05, 0) is 29.5 Å². The van der Waals surface area contributed by atoms with Crippen LogP contribution in [-0.2, 0) is 0 Å². The molecular formula is C17H21N. The summed E-state index contributed by atoms with van der Waals surface area (Å²) in [5, 5.41) is 0. The van der Waals surface area contributed by atoms with Gasteiger partial charge in [-0.15, -0.1) is 0 Å². The standard InChI is InChI=1S/C17H21N/c1-12(2)14-7-5-9-16(11-14)17(18)15-8-4-6-13(3)10-15/h4-12,17H,18H2,1-3H3. The Morgan fingerprint density at radius 3 is 2.00 bits per heavy atom. The minimum Gasteiger partial charge on any atom is -0.320 e. The first-order valence-electron chi connectivity index (χ1n) is 6.50. The van der Waals surface area contributed by atoms with E-state index in [1.54, 1.807) is 0 Å². The maximum absolute atomic E-state index is 6.35. The molecule has 0 spiro atoms. The van der Waals surface area contributed by atoms with Crippen LogP contribution in [0.1, 0.15) is 48.1 Å². The molecule has 0 heterocycles. The molecule has 2 aromatic rings. The van der Waals surface area contributed by atoms with Gasteiger partial charge in [0.1, 0.15) is 0 Å². The topological polar surface area (TPSA) is 26.0 Å². The number of hydrogen-bond donors (Lipinski definition) is 1. The second kappa shape index (κ2) is 5.36. The Morgan fingerprint density at radius 2 is 1.39 bits per heavy atom. The van der Waals surface area contributed by atoms with Crippen molar-refractivity contribution in [1.29, 1.82) is 0 Å². The maximum Gasteiger partial charge on any atom is 0.0551 e. The van der Waals surface area contributed by atoms with Gasteiger partial charge >= 0.3 is 0 Å². The van der Waals surface area contributed by atoms with Gasteiger partial charge in [0, 0.05) is 0 Å². The van der Waals surface area contributed by atoms with E-state index in [9.17, 15) is 0 Å². The smallest absolute Gasteiger partial charge is 0.0551 e. The van der Waals surface area contributed by atoms with Crippen molar-refractivity contribution in [3.8, 4) is 0 Å². The zero-order valence-electron chi connectivity index (χ0n) is 11.4. The van der Waals surface area contributed by atoms with Crippen LogP contribution in [0, 0.1) is 6.92 Å². The van der Waals surface area contributed by atoms with Crippen molar-refractivity contribution in [3.05, 3.63) is 70.8 Å². The summed E-state index contributed by atoms with van der Waals surface area (Å²) in [5.41, 5.74) is 11.3. The number of aryl methyl sites for hydroxylation is 1. The number of rotatable bonds is 3. The Balaban J connectivity index is 2.33. The van der Waals surface area contributed by atoms with Gasteiger partial charge < -0.3 is 5.73 Å². The fourth-order valence-electron chi connectivity index (χ4n) is 2.17. The minimum atomic E-state index is -0.0383. The van der Waals surface area contributed by atoms with Gasteiger partial charge in [-0.25, -0.2) is 0 Å². The van der Waals surface area contributed by atoms with Crippen LogP contribution in [-0.4, -0.2) is 0 Å². The first-order chi connectivity index (χ1) is 8.58. The van der Waals surface area contributed by atoms with Gasteiger partial charge in [-0.2, -0.15) is 0 Å². The van der Waals surface area contributed by atoms with E-state index in [4.69, 9.17) is 5.73 Å². The Kier molecular flexibility index (Phi) is 3.83. The predicted octanol–water partition coefficient (Wildman–Crippen LogP) is 4.17. The van der Waals surface area contributed by atoms with E-state index in [0.29, 0.717) is 5.92 Å². The molecule has 0 saturated heterocycles. The second-order valence-corrected chi connectivity index (χ2v) is 5.22. The number of benzene rings is 2. The van der Waals surface area contributed by atoms with E-state index >= 15 is 0 Å². The van der Waals surface area contributed by atoms with Crippen LogP contribution in [0.2, 0.25) is 0 Å². The lowest BCUT2D eigenvalue weighted by Crippen LogP contribution is -2.12. The molecule has 0 saturated carbocycles. The molecule has 2 aromatic carbocycles. The highest BCUT2D eigenvalue weighted by Gasteiger charge is 2.10. The predicted molar refractivity (Wildman–Crippen MR) is 77.7 cm³/mol. The Morgan fingerprint density at radius 1 is 0.833 bits per heavy atom. The largest absolute Gasteiger partial charge is 0.320 e.